The Morgan fingerprint density at radius 1 is 1.29 bits per heavy atom. The molecule has 1 rings (SSSR count). The number of nitrogens with zero attached hydrogens (tertiary/aromatic N) is 1. The average Bonchev–Trinajstić information content (AvgIpc) is 2.27. The van der Waals surface area contributed by atoms with Gasteiger partial charge in [-0.25, -0.2) is 0 Å². The lowest BCUT2D eigenvalue weighted by Gasteiger charge is -2.14. The molecule has 0 saturated heterocycles. The van der Waals surface area contributed by atoms with Crippen molar-refractivity contribution in [1.82, 2.24) is 0 Å². The highest BCUT2D eigenvalue weighted by atomic mass is 32.2. The highest BCUT2D eigenvalue weighted by molar-refractivity contribution is 7.86. The summed E-state index contributed by atoms with van der Waals surface area (Å²) in [7, 11) is -3.77. The van der Waals surface area contributed by atoms with E-state index in [4.69, 9.17) is 9.44 Å². The Balaban J connectivity index is 2.84. The van der Waals surface area contributed by atoms with Gasteiger partial charge in [0.2, 0.25) is 0 Å². The first-order valence-corrected chi connectivity index (χ1v) is 6.55. The molecule has 0 spiro atoms. The van der Waals surface area contributed by atoms with Gasteiger partial charge in [0.05, 0.1) is 23.0 Å². The summed E-state index contributed by atoms with van der Waals surface area (Å²) in [5.41, 5.74) is 0.152. The summed E-state index contributed by atoms with van der Waals surface area (Å²) >= 11 is 0. The summed E-state index contributed by atoms with van der Waals surface area (Å²) in [6.45, 7) is 4.96. The molecule has 0 amide bonds. The molecular formula is C12H15NO3S. The molecule has 1 aromatic carbocycles. The first kappa shape index (κ1) is 13.7. The maximum Gasteiger partial charge on any atom is 0.297 e. The van der Waals surface area contributed by atoms with E-state index in [9.17, 15) is 8.42 Å². The van der Waals surface area contributed by atoms with Crippen LogP contribution in [0.1, 0.15) is 19.4 Å². The van der Waals surface area contributed by atoms with E-state index in [1.807, 2.05) is 13.0 Å². The quantitative estimate of drug-likeness (QED) is 0.772. The van der Waals surface area contributed by atoms with Crippen LogP contribution in [0.3, 0.4) is 0 Å². The predicted molar refractivity (Wildman–Crippen MR) is 63.7 cm³/mol. The Labute approximate surface area is 102 Å². The zero-order valence-corrected chi connectivity index (χ0v) is 10.9. The third-order valence-corrected chi connectivity index (χ3v) is 3.46. The normalized spacial score (nSPS) is 12.1. The van der Waals surface area contributed by atoms with Crippen LogP contribution >= 0.6 is 0 Å². The maximum absolute atomic E-state index is 11.8. The molecule has 17 heavy (non-hydrogen) atoms. The molecule has 4 nitrogen and oxygen atoms in total. The number of rotatable bonds is 4. The maximum atomic E-state index is 11.8. The van der Waals surface area contributed by atoms with E-state index in [1.165, 1.54) is 12.1 Å². The van der Waals surface area contributed by atoms with Gasteiger partial charge in [-0.15, -0.1) is 0 Å². The molecule has 0 unspecified atom stereocenters. The lowest BCUT2D eigenvalue weighted by atomic mass is 9.98. The number of nitriles is 1. The minimum Gasteiger partial charge on any atom is -0.265 e. The van der Waals surface area contributed by atoms with Gasteiger partial charge in [-0.05, 0) is 32.9 Å². The van der Waals surface area contributed by atoms with Crippen LogP contribution in [-0.4, -0.2) is 15.0 Å². The SMILES string of the molecule is Cc1ccc(S(=O)(=O)OCC(C)(C)C#N)cc1. The van der Waals surface area contributed by atoms with E-state index in [1.54, 1.807) is 26.0 Å². The van der Waals surface area contributed by atoms with Gasteiger partial charge in [0, 0.05) is 0 Å². The van der Waals surface area contributed by atoms with Crippen molar-refractivity contribution in [2.24, 2.45) is 5.41 Å². The Hall–Kier alpha value is -1.38. The Bertz CT molecular complexity index is 524. The summed E-state index contributed by atoms with van der Waals surface area (Å²) in [4.78, 5) is 0.108. The van der Waals surface area contributed by atoms with Crippen molar-refractivity contribution in [3.05, 3.63) is 29.8 Å². The van der Waals surface area contributed by atoms with E-state index in [-0.39, 0.29) is 11.5 Å². The van der Waals surface area contributed by atoms with Crippen LogP contribution < -0.4 is 0 Å². The molecule has 0 heterocycles. The van der Waals surface area contributed by atoms with Crippen LogP contribution in [0.4, 0.5) is 0 Å². The monoisotopic (exact) mass is 253 g/mol. The van der Waals surface area contributed by atoms with Gasteiger partial charge in [0.25, 0.3) is 10.1 Å². The van der Waals surface area contributed by atoms with Gasteiger partial charge in [-0.2, -0.15) is 13.7 Å². The van der Waals surface area contributed by atoms with E-state index >= 15 is 0 Å². The van der Waals surface area contributed by atoms with Gasteiger partial charge >= 0.3 is 0 Å². The fraction of sp³-hybridized carbons (Fsp3) is 0.417. The zero-order chi connectivity index (χ0) is 13.1. The summed E-state index contributed by atoms with van der Waals surface area (Å²) in [6.07, 6.45) is 0. The molecule has 0 aliphatic heterocycles. The molecule has 0 saturated carbocycles. The second-order valence-electron chi connectivity index (χ2n) is 4.53. The largest absolute Gasteiger partial charge is 0.297 e. The molecule has 0 bridgehead atoms. The van der Waals surface area contributed by atoms with Crippen LogP contribution in [0.25, 0.3) is 0 Å². The lowest BCUT2D eigenvalue weighted by Crippen LogP contribution is -2.20. The highest BCUT2D eigenvalue weighted by Crippen LogP contribution is 2.19. The van der Waals surface area contributed by atoms with Crippen molar-refractivity contribution in [3.8, 4) is 6.07 Å². The number of hydrogen-bond acceptors (Lipinski definition) is 4. The molecule has 92 valence electrons. The van der Waals surface area contributed by atoms with Crippen molar-refractivity contribution in [2.75, 3.05) is 6.61 Å². The fourth-order valence-corrected chi connectivity index (χ4v) is 2.09. The molecule has 0 aromatic heterocycles. The number of benzene rings is 1. The average molecular weight is 253 g/mol. The van der Waals surface area contributed by atoms with Crippen molar-refractivity contribution < 1.29 is 12.6 Å². The van der Waals surface area contributed by atoms with Crippen molar-refractivity contribution in [3.63, 3.8) is 0 Å². The molecule has 0 aliphatic carbocycles. The van der Waals surface area contributed by atoms with Crippen LogP contribution in [0.5, 0.6) is 0 Å². The minimum atomic E-state index is -3.77. The third kappa shape index (κ3) is 3.84. The molecule has 0 aliphatic rings. The summed E-state index contributed by atoms with van der Waals surface area (Å²) in [6, 6.07) is 8.37. The molecule has 5 heteroatoms. The van der Waals surface area contributed by atoms with Crippen LogP contribution in [0.15, 0.2) is 29.2 Å². The van der Waals surface area contributed by atoms with Crippen molar-refractivity contribution in [1.29, 1.82) is 5.26 Å². The summed E-state index contributed by atoms with van der Waals surface area (Å²) in [5.74, 6) is 0. The zero-order valence-electron chi connectivity index (χ0n) is 10.1. The topological polar surface area (TPSA) is 67.2 Å². The van der Waals surface area contributed by atoms with Gasteiger partial charge in [-0.1, -0.05) is 17.7 Å². The van der Waals surface area contributed by atoms with Gasteiger partial charge in [0.15, 0.2) is 0 Å². The van der Waals surface area contributed by atoms with Gasteiger partial charge in [0.1, 0.15) is 0 Å². The molecule has 0 fully saturated rings. The van der Waals surface area contributed by atoms with Crippen molar-refractivity contribution >= 4 is 10.1 Å². The van der Waals surface area contributed by atoms with Crippen LogP contribution in [0, 0.1) is 23.7 Å². The standard InChI is InChI=1S/C12H15NO3S/c1-10-4-6-11(7-5-10)17(14,15)16-9-12(2,3)8-13/h4-7H,9H2,1-3H3. The fourth-order valence-electron chi connectivity index (χ4n) is 1.03. The second-order valence-corrected chi connectivity index (χ2v) is 6.14. The molecule has 0 radical (unpaired) electrons. The van der Waals surface area contributed by atoms with Crippen LogP contribution in [-0.2, 0) is 14.3 Å². The summed E-state index contributed by atoms with van der Waals surface area (Å²) < 4.78 is 28.4. The van der Waals surface area contributed by atoms with Crippen LogP contribution in [0.2, 0.25) is 0 Å². The van der Waals surface area contributed by atoms with E-state index in [0.717, 1.165) is 5.56 Å². The molecular weight excluding hydrogens is 238 g/mol. The van der Waals surface area contributed by atoms with Gasteiger partial charge in [-0.3, -0.25) is 4.18 Å². The van der Waals surface area contributed by atoms with Crippen molar-refractivity contribution in [2.45, 2.75) is 25.7 Å². The number of aryl methyl sites for hydroxylation is 1. The highest BCUT2D eigenvalue weighted by Gasteiger charge is 2.23. The van der Waals surface area contributed by atoms with Gasteiger partial charge < -0.3 is 0 Å². The first-order valence-electron chi connectivity index (χ1n) is 5.14. The lowest BCUT2D eigenvalue weighted by molar-refractivity contribution is 0.232. The van der Waals surface area contributed by atoms with E-state index in [0.29, 0.717) is 0 Å². The molecule has 1 aromatic rings. The smallest absolute Gasteiger partial charge is 0.265 e. The van der Waals surface area contributed by atoms with E-state index in [2.05, 4.69) is 0 Å². The predicted octanol–water partition coefficient (Wildman–Crippen LogP) is 2.25. The first-order chi connectivity index (χ1) is 7.77. The minimum absolute atomic E-state index is 0.108. The second kappa shape index (κ2) is 4.86. The molecule has 0 N–H and O–H groups in total. The Morgan fingerprint density at radius 3 is 2.29 bits per heavy atom. The Kier molecular flexibility index (Phi) is 3.91. The Morgan fingerprint density at radius 2 is 1.82 bits per heavy atom. The number of hydrogen-bond donors (Lipinski definition) is 0. The summed E-state index contributed by atoms with van der Waals surface area (Å²) in [5, 5.41) is 8.77. The van der Waals surface area contributed by atoms with E-state index < -0.39 is 15.5 Å². The molecule has 0 atom stereocenters. The third-order valence-electron chi connectivity index (χ3n) is 2.19.